The molecule has 14 nitrogen and oxygen atoms in total. The highest BCUT2D eigenvalue weighted by Gasteiger charge is 2.34. The number of amides is 4. The van der Waals surface area contributed by atoms with Crippen LogP contribution in [0.5, 0.6) is 0 Å². The van der Waals surface area contributed by atoms with Gasteiger partial charge in [0.25, 0.3) is 0 Å². The molecule has 0 aromatic rings. The summed E-state index contributed by atoms with van der Waals surface area (Å²) in [4.78, 5) is 75.1. The average Bonchev–Trinajstić information content (AvgIpc) is 3.44. The lowest BCUT2D eigenvalue weighted by atomic mass is 9.96. The van der Waals surface area contributed by atoms with Gasteiger partial charge in [0.05, 0.1) is 12.5 Å². The fraction of sp³-hybridized carbons (Fsp3) is 0.778. The number of carbonyl (C=O) groups is 6. The molecule has 0 saturated carbocycles. The number of carboxylic acids is 2. The van der Waals surface area contributed by atoms with Crippen molar-refractivity contribution in [1.82, 2.24) is 26.6 Å². The summed E-state index contributed by atoms with van der Waals surface area (Å²) >= 11 is 0. The lowest BCUT2D eigenvalue weighted by Crippen LogP contribution is -2.59. The zero-order valence-electron chi connectivity index (χ0n) is 24.5. The number of carbonyl (C=O) groups excluding carboxylic acids is 4. The topological polar surface area (TPSA) is 229 Å². The van der Waals surface area contributed by atoms with Crippen molar-refractivity contribution in [2.24, 2.45) is 17.6 Å². The maximum absolute atomic E-state index is 13.4. The lowest BCUT2D eigenvalue weighted by molar-refractivity contribution is -0.147. The molecule has 0 unspecified atom stereocenters. The summed E-state index contributed by atoms with van der Waals surface area (Å²) in [5.74, 6) is -5.50. The Hall–Kier alpha value is -3.26. The fourth-order valence-electron chi connectivity index (χ4n) is 4.51. The molecule has 9 N–H and O–H groups in total. The predicted octanol–water partition coefficient (Wildman–Crippen LogP) is -0.542. The van der Waals surface area contributed by atoms with Gasteiger partial charge >= 0.3 is 11.9 Å². The first-order valence-corrected chi connectivity index (χ1v) is 14.4. The Kier molecular flexibility index (Phi) is 15.9. The van der Waals surface area contributed by atoms with Crippen molar-refractivity contribution in [1.29, 1.82) is 0 Å². The molecule has 6 atom stereocenters. The smallest absolute Gasteiger partial charge is 0.326 e. The van der Waals surface area contributed by atoms with Gasteiger partial charge < -0.3 is 42.5 Å². The van der Waals surface area contributed by atoms with Crippen LogP contribution in [0.3, 0.4) is 0 Å². The lowest BCUT2D eigenvalue weighted by Gasteiger charge is -2.29. The summed E-state index contributed by atoms with van der Waals surface area (Å²) in [6.07, 6.45) is 2.62. The molecular weight excluding hydrogens is 536 g/mol. The van der Waals surface area contributed by atoms with Crippen LogP contribution in [0.1, 0.15) is 79.1 Å². The largest absolute Gasteiger partial charge is 0.481 e. The molecular formula is C27H48N6O8. The maximum atomic E-state index is 13.4. The van der Waals surface area contributed by atoms with Crippen molar-refractivity contribution in [3.63, 3.8) is 0 Å². The van der Waals surface area contributed by atoms with E-state index in [-0.39, 0.29) is 36.6 Å². The normalized spacial score (nSPS) is 18.4. The Morgan fingerprint density at radius 2 is 1.49 bits per heavy atom. The van der Waals surface area contributed by atoms with E-state index in [4.69, 9.17) is 10.8 Å². The maximum Gasteiger partial charge on any atom is 0.326 e. The van der Waals surface area contributed by atoms with Gasteiger partial charge in [0, 0.05) is 0 Å². The molecule has 1 heterocycles. The SMILES string of the molecule is CC[C@H](C)[C@H](NC(=O)[C@@H]1CCCN1)C(=O)N[C@@H](CC(C)C)C(=O)N[C@@H](CCCCN)C(=O)N[C@@H](CC(=O)O)C(=O)O. The number of rotatable bonds is 19. The second-order valence-electron chi connectivity index (χ2n) is 11.1. The minimum absolute atomic E-state index is 0.0261. The van der Waals surface area contributed by atoms with Gasteiger partial charge in [0.15, 0.2) is 0 Å². The first kappa shape index (κ1) is 35.8. The zero-order chi connectivity index (χ0) is 31.1. The minimum atomic E-state index is -1.69. The first-order valence-electron chi connectivity index (χ1n) is 14.4. The number of nitrogens with one attached hydrogen (secondary N) is 5. The fourth-order valence-corrected chi connectivity index (χ4v) is 4.51. The quantitative estimate of drug-likeness (QED) is 0.0904. The Labute approximate surface area is 241 Å². The molecule has 0 aromatic heterocycles. The first-order chi connectivity index (χ1) is 19.3. The van der Waals surface area contributed by atoms with Crippen molar-refractivity contribution in [3.05, 3.63) is 0 Å². The summed E-state index contributed by atoms with van der Waals surface area (Å²) in [6.45, 7) is 8.50. The van der Waals surface area contributed by atoms with E-state index >= 15 is 0 Å². The summed E-state index contributed by atoms with van der Waals surface area (Å²) in [7, 11) is 0. The molecule has 0 aliphatic carbocycles. The van der Waals surface area contributed by atoms with Crippen molar-refractivity contribution >= 4 is 35.6 Å². The van der Waals surface area contributed by atoms with E-state index in [0.717, 1.165) is 13.0 Å². The zero-order valence-corrected chi connectivity index (χ0v) is 24.5. The summed E-state index contributed by atoms with van der Waals surface area (Å²) in [5.41, 5.74) is 5.55. The van der Waals surface area contributed by atoms with Crippen LogP contribution in [0.2, 0.25) is 0 Å². The monoisotopic (exact) mass is 584 g/mol. The summed E-state index contributed by atoms with van der Waals surface area (Å²) in [5, 5.41) is 31.8. The van der Waals surface area contributed by atoms with Gasteiger partial charge in [-0.3, -0.25) is 24.0 Å². The predicted molar refractivity (Wildman–Crippen MR) is 150 cm³/mol. The molecule has 1 aliphatic rings. The van der Waals surface area contributed by atoms with Gasteiger partial charge in [-0.1, -0.05) is 34.1 Å². The number of hydrogen-bond acceptors (Lipinski definition) is 8. The van der Waals surface area contributed by atoms with Gasteiger partial charge in [-0.15, -0.1) is 0 Å². The van der Waals surface area contributed by atoms with Crippen molar-refractivity contribution in [2.75, 3.05) is 13.1 Å². The number of hydrogen-bond donors (Lipinski definition) is 8. The van der Waals surface area contributed by atoms with Crippen LogP contribution in [0, 0.1) is 11.8 Å². The van der Waals surface area contributed by atoms with Crippen LogP contribution in [0.15, 0.2) is 0 Å². The Morgan fingerprint density at radius 1 is 0.878 bits per heavy atom. The highest BCUT2D eigenvalue weighted by Crippen LogP contribution is 2.13. The van der Waals surface area contributed by atoms with Crippen molar-refractivity contribution in [3.8, 4) is 0 Å². The van der Waals surface area contributed by atoms with Crippen LogP contribution in [-0.4, -0.2) is 89.1 Å². The Bertz CT molecular complexity index is 908. The average molecular weight is 585 g/mol. The van der Waals surface area contributed by atoms with Crippen LogP contribution in [0.4, 0.5) is 0 Å². The molecule has 1 fully saturated rings. The third kappa shape index (κ3) is 12.9. The van der Waals surface area contributed by atoms with E-state index < -0.39 is 60.2 Å². The standard InChI is InChI=1S/C27H48N6O8/c1-5-16(4)22(33-23(36)17-10-8-12-29-17)26(39)31-19(13-15(2)3)25(38)30-18(9-6-7-11-28)24(37)32-20(27(40)41)14-21(34)35/h15-20,22,29H,5-14,28H2,1-4H3,(H,30,38)(H,31,39)(H,32,37)(H,33,36)(H,34,35)(H,40,41)/t16-,17-,18-,19-,20-,22-/m0/s1. The molecule has 1 rings (SSSR count). The minimum Gasteiger partial charge on any atom is -0.481 e. The highest BCUT2D eigenvalue weighted by molar-refractivity contribution is 5.96. The van der Waals surface area contributed by atoms with Crippen LogP contribution in [-0.2, 0) is 28.8 Å². The molecule has 1 saturated heterocycles. The van der Waals surface area contributed by atoms with Gasteiger partial charge in [-0.2, -0.15) is 0 Å². The van der Waals surface area contributed by atoms with Gasteiger partial charge in [0.2, 0.25) is 23.6 Å². The van der Waals surface area contributed by atoms with E-state index in [1.165, 1.54) is 0 Å². The second kappa shape index (κ2) is 18.2. The van der Waals surface area contributed by atoms with Crippen LogP contribution in [0.25, 0.3) is 0 Å². The molecule has 234 valence electrons. The molecule has 41 heavy (non-hydrogen) atoms. The third-order valence-corrected chi connectivity index (χ3v) is 7.08. The molecule has 1 aliphatic heterocycles. The van der Waals surface area contributed by atoms with Crippen molar-refractivity contribution < 1.29 is 39.0 Å². The number of unbranched alkanes of at least 4 members (excludes halogenated alkanes) is 1. The van der Waals surface area contributed by atoms with E-state index in [1.807, 2.05) is 27.7 Å². The van der Waals surface area contributed by atoms with Crippen molar-refractivity contribution in [2.45, 2.75) is 109 Å². The number of nitrogens with two attached hydrogens (primary N) is 1. The highest BCUT2D eigenvalue weighted by atomic mass is 16.4. The van der Waals surface area contributed by atoms with Crippen LogP contribution >= 0.6 is 0 Å². The van der Waals surface area contributed by atoms with Gasteiger partial charge in [-0.25, -0.2) is 4.79 Å². The molecule has 0 bridgehead atoms. The molecule has 0 spiro atoms. The molecule has 14 heteroatoms. The van der Waals surface area contributed by atoms with Gasteiger partial charge in [-0.05, 0) is 63.5 Å². The molecule has 0 aromatic carbocycles. The van der Waals surface area contributed by atoms with E-state index in [1.54, 1.807) is 0 Å². The molecule has 4 amide bonds. The Balaban J connectivity index is 3.09. The van der Waals surface area contributed by atoms with E-state index in [9.17, 15) is 33.9 Å². The molecule has 0 radical (unpaired) electrons. The number of aliphatic carboxylic acids is 2. The summed E-state index contributed by atoms with van der Waals surface area (Å²) in [6, 6.07) is -5.18. The van der Waals surface area contributed by atoms with E-state index in [2.05, 4.69) is 26.6 Å². The second-order valence-corrected chi connectivity index (χ2v) is 11.1. The third-order valence-electron chi connectivity index (χ3n) is 7.08. The van der Waals surface area contributed by atoms with Crippen LogP contribution < -0.4 is 32.3 Å². The Morgan fingerprint density at radius 3 is 2.00 bits per heavy atom. The van der Waals surface area contributed by atoms with E-state index in [0.29, 0.717) is 32.2 Å². The van der Waals surface area contributed by atoms with Gasteiger partial charge in [0.1, 0.15) is 24.2 Å². The summed E-state index contributed by atoms with van der Waals surface area (Å²) < 4.78 is 0. The number of carboxylic acid groups (broad SMARTS) is 2.